The third kappa shape index (κ3) is 6.65. The normalized spacial score (nSPS) is 22.2. The Balaban J connectivity index is 3.99. The summed E-state index contributed by atoms with van der Waals surface area (Å²) in [6.45, 7) is 1.05. The average Bonchev–Trinajstić information content (AvgIpc) is 1.53. The Labute approximate surface area is 64.0 Å². The van der Waals surface area contributed by atoms with E-state index >= 15 is 0 Å². The molecule has 2 atom stereocenters. The maximum absolute atomic E-state index is 10.0. The molecule has 0 saturated carbocycles. The molecule has 0 rings (SSSR count). The summed E-state index contributed by atoms with van der Waals surface area (Å²) < 4.78 is 28.2. The first kappa shape index (κ1) is 11.3. The highest BCUT2D eigenvalue weighted by Gasteiger charge is 2.24. The summed E-state index contributed by atoms with van der Waals surface area (Å²) in [7, 11) is -6.54. The van der Waals surface area contributed by atoms with Crippen LogP contribution in [0.5, 0.6) is 0 Å². The summed E-state index contributed by atoms with van der Waals surface area (Å²) in [4.78, 5) is 16.4. The fraction of sp³-hybridized carbons (Fsp3) is 1.00. The van der Waals surface area contributed by atoms with Crippen LogP contribution in [0.25, 0.3) is 0 Å². The Bertz CT molecular complexity index is 161. The molecule has 0 spiro atoms. The van der Waals surface area contributed by atoms with E-state index in [1.807, 2.05) is 0 Å². The summed E-state index contributed by atoms with van der Waals surface area (Å²) in [5.41, 5.74) is 5.01. The topological polar surface area (TPSA) is 119 Å². The zero-order valence-corrected chi connectivity index (χ0v) is 7.60. The van der Waals surface area contributed by atoms with Gasteiger partial charge in [-0.2, -0.15) is 0 Å². The largest absolute Gasteiger partial charge is 0.326 e. The minimum atomic E-state index is -3.27. The summed E-state index contributed by atoms with van der Waals surface area (Å²) in [6.07, 6.45) is 0. The zero-order chi connectivity index (χ0) is 9.07. The SMILES string of the molecule is CC(N)(O[PH](=O)O)O[PH](=O)O. The molecule has 0 aromatic carbocycles. The molecule has 0 radical (unpaired) electrons. The molecule has 0 aliphatic heterocycles. The molecular weight excluding hydrogens is 196 g/mol. The van der Waals surface area contributed by atoms with Crippen LogP contribution >= 0.6 is 16.5 Å². The van der Waals surface area contributed by atoms with Gasteiger partial charge in [-0.3, -0.25) is 23.9 Å². The molecule has 0 aliphatic carbocycles. The molecule has 0 aromatic rings. The lowest BCUT2D eigenvalue weighted by Gasteiger charge is -2.20. The van der Waals surface area contributed by atoms with Crippen LogP contribution in [-0.4, -0.2) is 15.7 Å². The van der Waals surface area contributed by atoms with Gasteiger partial charge in [0.1, 0.15) is 0 Å². The molecule has 0 heterocycles. The highest BCUT2D eigenvalue weighted by molar-refractivity contribution is 7.33. The summed E-state index contributed by atoms with van der Waals surface area (Å²) >= 11 is 0. The molecule has 11 heavy (non-hydrogen) atoms. The van der Waals surface area contributed by atoms with E-state index in [0.29, 0.717) is 0 Å². The van der Waals surface area contributed by atoms with Gasteiger partial charge in [0.05, 0.1) is 0 Å². The van der Waals surface area contributed by atoms with Crippen molar-refractivity contribution in [2.75, 3.05) is 0 Å². The minimum absolute atomic E-state index is 1.05. The Morgan fingerprint density at radius 2 is 1.55 bits per heavy atom. The second kappa shape index (κ2) is 4.33. The van der Waals surface area contributed by atoms with Gasteiger partial charge in [-0.25, -0.2) is 0 Å². The minimum Gasteiger partial charge on any atom is -0.326 e. The third-order valence-corrected chi connectivity index (χ3v) is 1.74. The predicted molar refractivity (Wildman–Crippen MR) is 37.2 cm³/mol. The van der Waals surface area contributed by atoms with E-state index in [1.165, 1.54) is 0 Å². The van der Waals surface area contributed by atoms with Crippen LogP contribution in [0, 0.1) is 0 Å². The summed E-state index contributed by atoms with van der Waals surface area (Å²) in [6, 6.07) is 0. The molecule has 0 aliphatic rings. The van der Waals surface area contributed by atoms with Crippen LogP contribution in [0.1, 0.15) is 6.92 Å². The van der Waals surface area contributed by atoms with E-state index in [-0.39, 0.29) is 0 Å². The number of hydrogen-bond donors (Lipinski definition) is 3. The molecular formula is C2H9NO6P2. The fourth-order valence-electron chi connectivity index (χ4n) is 0.368. The number of nitrogens with two attached hydrogens (primary N) is 1. The smallest absolute Gasteiger partial charge is 0.320 e. The van der Waals surface area contributed by atoms with Gasteiger partial charge in [0.2, 0.25) is 5.91 Å². The van der Waals surface area contributed by atoms with E-state index in [9.17, 15) is 9.13 Å². The molecule has 0 saturated heterocycles. The Morgan fingerprint density at radius 1 is 1.27 bits per heavy atom. The van der Waals surface area contributed by atoms with Gasteiger partial charge in [0.15, 0.2) is 0 Å². The number of rotatable bonds is 4. The molecule has 0 aromatic heterocycles. The second-order valence-electron chi connectivity index (χ2n) is 1.75. The predicted octanol–water partition coefficient (Wildman–Crippen LogP) is -0.584. The van der Waals surface area contributed by atoms with Gasteiger partial charge in [-0.05, 0) is 0 Å². The summed E-state index contributed by atoms with van der Waals surface area (Å²) in [5.74, 6) is -1.99. The van der Waals surface area contributed by atoms with E-state index < -0.39 is 22.4 Å². The lowest BCUT2D eigenvalue weighted by Crippen LogP contribution is -2.38. The van der Waals surface area contributed by atoms with Crippen LogP contribution < -0.4 is 5.73 Å². The highest BCUT2D eigenvalue weighted by atomic mass is 31.1. The van der Waals surface area contributed by atoms with E-state index in [2.05, 4.69) is 9.05 Å². The van der Waals surface area contributed by atoms with Crippen molar-refractivity contribution in [1.82, 2.24) is 0 Å². The molecule has 7 nitrogen and oxygen atoms in total. The van der Waals surface area contributed by atoms with Crippen LogP contribution in [0.2, 0.25) is 0 Å². The van der Waals surface area contributed by atoms with Gasteiger partial charge in [-0.15, -0.1) is 0 Å². The van der Waals surface area contributed by atoms with Crippen molar-refractivity contribution >= 4 is 16.5 Å². The molecule has 2 unspecified atom stereocenters. The van der Waals surface area contributed by atoms with Crippen molar-refractivity contribution in [2.45, 2.75) is 12.8 Å². The Morgan fingerprint density at radius 3 is 1.73 bits per heavy atom. The van der Waals surface area contributed by atoms with Crippen LogP contribution in [0.3, 0.4) is 0 Å². The first-order valence-electron chi connectivity index (χ1n) is 2.46. The quantitative estimate of drug-likeness (QED) is 0.414. The average molecular weight is 205 g/mol. The third-order valence-electron chi connectivity index (χ3n) is 0.580. The monoisotopic (exact) mass is 205 g/mol. The highest BCUT2D eigenvalue weighted by Crippen LogP contribution is 2.30. The standard InChI is InChI=1S/C2H9NO6P2/c1-2(3,8-10(4)5)9-11(6)7/h10-11H,3H2,1H3,(H,4,5)(H,6,7). The van der Waals surface area contributed by atoms with Crippen molar-refractivity contribution in [2.24, 2.45) is 5.73 Å². The van der Waals surface area contributed by atoms with E-state index in [0.717, 1.165) is 6.92 Å². The Kier molecular flexibility index (Phi) is 4.43. The fourth-order valence-corrected chi connectivity index (χ4v) is 1.23. The van der Waals surface area contributed by atoms with Gasteiger partial charge >= 0.3 is 16.5 Å². The lowest BCUT2D eigenvalue weighted by molar-refractivity contribution is -0.0932. The molecule has 0 fully saturated rings. The van der Waals surface area contributed by atoms with Crippen molar-refractivity contribution in [3.8, 4) is 0 Å². The maximum Gasteiger partial charge on any atom is 0.320 e. The Hall–Kier alpha value is 0.260. The molecule has 4 N–H and O–H groups in total. The van der Waals surface area contributed by atoms with Crippen LogP contribution in [0.15, 0.2) is 0 Å². The zero-order valence-electron chi connectivity index (χ0n) is 5.60. The van der Waals surface area contributed by atoms with E-state index in [1.54, 1.807) is 0 Å². The van der Waals surface area contributed by atoms with Crippen molar-refractivity contribution < 1.29 is 28.0 Å². The van der Waals surface area contributed by atoms with Gasteiger partial charge in [0, 0.05) is 6.92 Å². The molecule has 0 amide bonds. The second-order valence-corrected chi connectivity index (χ2v) is 3.22. The van der Waals surface area contributed by atoms with Crippen LogP contribution in [0.4, 0.5) is 0 Å². The lowest BCUT2D eigenvalue weighted by atomic mass is 10.6. The van der Waals surface area contributed by atoms with Gasteiger partial charge in [0.25, 0.3) is 0 Å². The first-order chi connectivity index (χ1) is 4.83. The summed E-state index contributed by atoms with van der Waals surface area (Å²) in [5, 5.41) is 0. The van der Waals surface area contributed by atoms with Gasteiger partial charge < -0.3 is 9.79 Å². The molecule has 9 heteroatoms. The van der Waals surface area contributed by atoms with Crippen molar-refractivity contribution in [1.29, 1.82) is 0 Å². The van der Waals surface area contributed by atoms with Crippen LogP contribution in [-0.2, 0) is 18.2 Å². The number of hydrogen-bond acceptors (Lipinski definition) is 5. The molecule has 68 valence electrons. The first-order valence-corrected chi connectivity index (χ1v) is 4.99. The maximum atomic E-state index is 10.0. The van der Waals surface area contributed by atoms with Crippen molar-refractivity contribution in [3.05, 3.63) is 0 Å². The van der Waals surface area contributed by atoms with Gasteiger partial charge in [-0.1, -0.05) is 0 Å². The van der Waals surface area contributed by atoms with E-state index in [4.69, 9.17) is 15.5 Å². The van der Waals surface area contributed by atoms with Crippen molar-refractivity contribution in [3.63, 3.8) is 0 Å². The molecule has 0 bridgehead atoms.